The van der Waals surface area contributed by atoms with Gasteiger partial charge in [0, 0.05) is 19.2 Å². The van der Waals surface area contributed by atoms with Gasteiger partial charge in [-0.15, -0.1) is 0 Å². The summed E-state index contributed by atoms with van der Waals surface area (Å²) in [6.07, 6.45) is 4.06. The van der Waals surface area contributed by atoms with Crippen molar-refractivity contribution in [2.24, 2.45) is 0 Å². The van der Waals surface area contributed by atoms with Crippen molar-refractivity contribution in [1.29, 1.82) is 0 Å². The van der Waals surface area contributed by atoms with Crippen molar-refractivity contribution >= 4 is 0 Å². The summed E-state index contributed by atoms with van der Waals surface area (Å²) < 4.78 is 11.0. The quantitative estimate of drug-likeness (QED) is 0.870. The maximum absolute atomic E-state index is 5.72. The average molecular weight is 249 g/mol. The van der Waals surface area contributed by atoms with Crippen LogP contribution in [0.25, 0.3) is 0 Å². The minimum atomic E-state index is 0.325. The first-order valence-electron chi connectivity index (χ1n) is 6.78. The minimum Gasteiger partial charge on any atom is -0.497 e. The fourth-order valence-electron chi connectivity index (χ4n) is 2.31. The van der Waals surface area contributed by atoms with Gasteiger partial charge < -0.3 is 14.8 Å². The van der Waals surface area contributed by atoms with E-state index >= 15 is 0 Å². The van der Waals surface area contributed by atoms with Gasteiger partial charge in [-0.3, -0.25) is 0 Å². The Morgan fingerprint density at radius 1 is 1.44 bits per heavy atom. The second kappa shape index (κ2) is 6.76. The van der Waals surface area contributed by atoms with Gasteiger partial charge >= 0.3 is 0 Å². The fraction of sp³-hybridized carbons (Fsp3) is 0.600. The van der Waals surface area contributed by atoms with Crippen molar-refractivity contribution in [3.8, 4) is 5.75 Å². The molecular weight excluding hydrogens is 226 g/mol. The molecule has 0 amide bonds. The zero-order valence-electron chi connectivity index (χ0n) is 11.3. The Balaban J connectivity index is 1.84. The number of ether oxygens (including phenoxy) is 2. The molecule has 1 heterocycles. The van der Waals surface area contributed by atoms with Crippen LogP contribution in [-0.4, -0.2) is 26.4 Å². The van der Waals surface area contributed by atoms with Gasteiger partial charge in [0.2, 0.25) is 0 Å². The predicted octanol–water partition coefficient (Wildman–Crippen LogP) is 2.91. The van der Waals surface area contributed by atoms with Crippen molar-refractivity contribution < 1.29 is 9.47 Å². The zero-order chi connectivity index (χ0) is 12.8. The van der Waals surface area contributed by atoms with Crippen molar-refractivity contribution in [3.05, 3.63) is 29.8 Å². The smallest absolute Gasteiger partial charge is 0.119 e. The van der Waals surface area contributed by atoms with E-state index in [1.807, 2.05) is 12.1 Å². The lowest BCUT2D eigenvalue weighted by Gasteiger charge is -2.25. The zero-order valence-corrected chi connectivity index (χ0v) is 11.3. The van der Waals surface area contributed by atoms with E-state index in [9.17, 15) is 0 Å². The van der Waals surface area contributed by atoms with Crippen LogP contribution in [0.5, 0.6) is 5.75 Å². The van der Waals surface area contributed by atoms with Crippen molar-refractivity contribution in [2.45, 2.75) is 38.3 Å². The molecule has 1 aliphatic rings. The summed E-state index contributed by atoms with van der Waals surface area (Å²) in [5.74, 6) is 0.912. The van der Waals surface area contributed by atoms with Crippen LogP contribution in [0.1, 0.15) is 37.8 Å². The molecule has 1 N–H and O–H groups in total. The van der Waals surface area contributed by atoms with Crippen LogP contribution in [-0.2, 0) is 4.74 Å². The lowest BCUT2D eigenvalue weighted by molar-refractivity contribution is 0.0156. The third kappa shape index (κ3) is 3.72. The Hall–Kier alpha value is -1.06. The standard InChI is InChI=1S/C15H23NO2/c1-12(13-6-5-8-14(10-13)17-2)16-11-15-7-3-4-9-18-15/h5-6,8,10,12,15-16H,3-4,7,9,11H2,1-2H3/t12-,15?/m0/s1. The Morgan fingerprint density at radius 3 is 3.06 bits per heavy atom. The lowest BCUT2D eigenvalue weighted by Crippen LogP contribution is -2.33. The first-order valence-corrected chi connectivity index (χ1v) is 6.78. The molecule has 2 rings (SSSR count). The van der Waals surface area contributed by atoms with Crippen LogP contribution < -0.4 is 10.1 Å². The number of methoxy groups -OCH3 is 1. The second-order valence-corrected chi connectivity index (χ2v) is 4.90. The van der Waals surface area contributed by atoms with Crippen LogP contribution in [0.4, 0.5) is 0 Å². The van der Waals surface area contributed by atoms with Gasteiger partial charge in [0.05, 0.1) is 13.2 Å². The number of benzene rings is 1. The van der Waals surface area contributed by atoms with Gasteiger partial charge in [0.1, 0.15) is 5.75 Å². The number of hydrogen-bond acceptors (Lipinski definition) is 3. The highest BCUT2D eigenvalue weighted by Gasteiger charge is 2.15. The van der Waals surface area contributed by atoms with Gasteiger partial charge in [-0.2, -0.15) is 0 Å². The second-order valence-electron chi connectivity index (χ2n) is 4.90. The minimum absolute atomic E-state index is 0.325. The van der Waals surface area contributed by atoms with E-state index in [1.54, 1.807) is 7.11 Å². The van der Waals surface area contributed by atoms with Crippen LogP contribution in [0.3, 0.4) is 0 Å². The molecule has 1 fully saturated rings. The van der Waals surface area contributed by atoms with E-state index in [0.717, 1.165) is 18.9 Å². The van der Waals surface area contributed by atoms with Gasteiger partial charge in [0.15, 0.2) is 0 Å². The molecule has 1 aliphatic heterocycles. The molecule has 0 radical (unpaired) electrons. The maximum Gasteiger partial charge on any atom is 0.119 e. The Bertz CT molecular complexity index is 361. The first kappa shape index (κ1) is 13.4. The number of rotatable bonds is 5. The molecule has 0 aromatic heterocycles. The van der Waals surface area contributed by atoms with Crippen LogP contribution >= 0.6 is 0 Å². The summed E-state index contributed by atoms with van der Waals surface area (Å²) in [5, 5.41) is 3.54. The predicted molar refractivity (Wildman–Crippen MR) is 73.0 cm³/mol. The third-order valence-electron chi connectivity index (χ3n) is 3.52. The summed E-state index contributed by atoms with van der Waals surface area (Å²) in [5.41, 5.74) is 1.25. The molecule has 0 saturated carbocycles. The number of nitrogens with one attached hydrogen (secondary N) is 1. The van der Waals surface area contributed by atoms with E-state index in [-0.39, 0.29) is 0 Å². The maximum atomic E-state index is 5.72. The van der Waals surface area contributed by atoms with Crippen molar-refractivity contribution in [2.75, 3.05) is 20.3 Å². The Kier molecular flexibility index (Phi) is 5.02. The molecule has 2 atom stereocenters. The molecular formula is C15H23NO2. The molecule has 100 valence electrons. The molecule has 1 aromatic carbocycles. The highest BCUT2D eigenvalue weighted by molar-refractivity contribution is 5.30. The molecule has 3 nitrogen and oxygen atoms in total. The van der Waals surface area contributed by atoms with Crippen LogP contribution in [0.15, 0.2) is 24.3 Å². The van der Waals surface area contributed by atoms with Gasteiger partial charge in [0.25, 0.3) is 0 Å². The van der Waals surface area contributed by atoms with Gasteiger partial charge in [-0.05, 0) is 43.9 Å². The van der Waals surface area contributed by atoms with Crippen LogP contribution in [0.2, 0.25) is 0 Å². The van der Waals surface area contributed by atoms with E-state index in [1.165, 1.54) is 24.8 Å². The molecule has 1 aromatic rings. The lowest BCUT2D eigenvalue weighted by atomic mass is 10.1. The van der Waals surface area contributed by atoms with Gasteiger partial charge in [-0.25, -0.2) is 0 Å². The summed E-state index contributed by atoms with van der Waals surface area (Å²) in [7, 11) is 1.70. The SMILES string of the molecule is COc1cccc([C@H](C)NCC2CCCCO2)c1. The Morgan fingerprint density at radius 2 is 2.33 bits per heavy atom. The van der Waals surface area contributed by atoms with Crippen molar-refractivity contribution in [1.82, 2.24) is 5.32 Å². The average Bonchev–Trinajstić information content (AvgIpc) is 2.46. The van der Waals surface area contributed by atoms with E-state index < -0.39 is 0 Å². The van der Waals surface area contributed by atoms with E-state index in [2.05, 4.69) is 24.4 Å². The molecule has 1 saturated heterocycles. The fourth-order valence-corrected chi connectivity index (χ4v) is 2.31. The molecule has 0 aliphatic carbocycles. The largest absolute Gasteiger partial charge is 0.497 e. The molecule has 0 bridgehead atoms. The number of hydrogen-bond donors (Lipinski definition) is 1. The third-order valence-corrected chi connectivity index (χ3v) is 3.52. The Labute approximate surface area is 109 Å². The van der Waals surface area contributed by atoms with Gasteiger partial charge in [-0.1, -0.05) is 12.1 Å². The van der Waals surface area contributed by atoms with E-state index in [0.29, 0.717) is 12.1 Å². The normalized spacial score (nSPS) is 21.6. The molecule has 0 spiro atoms. The monoisotopic (exact) mass is 249 g/mol. The topological polar surface area (TPSA) is 30.5 Å². The highest BCUT2D eigenvalue weighted by Crippen LogP contribution is 2.19. The highest BCUT2D eigenvalue weighted by atomic mass is 16.5. The van der Waals surface area contributed by atoms with Crippen LogP contribution in [0, 0.1) is 0 Å². The summed E-state index contributed by atoms with van der Waals surface area (Å²) >= 11 is 0. The molecule has 1 unspecified atom stereocenters. The molecule has 18 heavy (non-hydrogen) atoms. The first-order chi connectivity index (χ1) is 8.79. The summed E-state index contributed by atoms with van der Waals surface area (Å²) in [6.45, 7) is 4.02. The van der Waals surface area contributed by atoms with E-state index in [4.69, 9.17) is 9.47 Å². The summed E-state index contributed by atoms with van der Waals surface area (Å²) in [6, 6.07) is 8.54. The van der Waals surface area contributed by atoms with Crippen molar-refractivity contribution in [3.63, 3.8) is 0 Å². The summed E-state index contributed by atoms with van der Waals surface area (Å²) in [4.78, 5) is 0. The molecule has 3 heteroatoms.